The number of thiazole rings is 1. The smallest absolute Gasteiger partial charge is 0.273 e. The van der Waals surface area contributed by atoms with Gasteiger partial charge in [0.2, 0.25) is 0 Å². The van der Waals surface area contributed by atoms with Crippen LogP contribution >= 0.6 is 23.1 Å². The maximum absolute atomic E-state index is 13.2. The summed E-state index contributed by atoms with van der Waals surface area (Å²) < 4.78 is 13.2. The molecule has 1 atom stereocenters. The summed E-state index contributed by atoms with van der Waals surface area (Å²) >= 11 is 2.40. The fraction of sp³-hybridized carbons (Fsp3) is 0.125. The van der Waals surface area contributed by atoms with Crippen molar-refractivity contribution in [2.24, 2.45) is 0 Å². The monoisotopic (exact) mass is 373 g/mol. The van der Waals surface area contributed by atoms with Gasteiger partial charge in [-0.1, -0.05) is 6.08 Å². The third kappa shape index (κ3) is 2.96. The van der Waals surface area contributed by atoms with Gasteiger partial charge in [0, 0.05) is 28.8 Å². The van der Waals surface area contributed by atoms with Gasteiger partial charge in [-0.15, -0.1) is 11.3 Å². The Morgan fingerprint density at radius 1 is 1.48 bits per heavy atom. The molecule has 0 bridgehead atoms. The van der Waals surface area contributed by atoms with Gasteiger partial charge in [-0.05, 0) is 36.4 Å². The van der Waals surface area contributed by atoms with Crippen LogP contribution in [0.2, 0.25) is 0 Å². The number of hydrogen-bond acceptors (Lipinski definition) is 6. The zero-order valence-electron chi connectivity index (χ0n) is 12.8. The van der Waals surface area contributed by atoms with E-state index in [1.165, 1.54) is 28.4 Å². The van der Waals surface area contributed by atoms with Crippen LogP contribution in [0.15, 0.2) is 46.7 Å². The minimum atomic E-state index is -0.276. The van der Waals surface area contributed by atoms with Crippen molar-refractivity contribution in [2.45, 2.75) is 12.3 Å². The van der Waals surface area contributed by atoms with Crippen molar-refractivity contribution in [1.29, 1.82) is 5.41 Å². The molecule has 0 aromatic carbocycles. The summed E-state index contributed by atoms with van der Waals surface area (Å²) in [6, 6.07) is 0. The van der Waals surface area contributed by atoms with Crippen LogP contribution in [0.25, 0.3) is 6.08 Å². The molecule has 1 fully saturated rings. The number of nitrogens with zero attached hydrogens (tertiary/aromatic N) is 3. The molecule has 1 amide bonds. The van der Waals surface area contributed by atoms with E-state index in [0.717, 1.165) is 23.0 Å². The van der Waals surface area contributed by atoms with E-state index in [-0.39, 0.29) is 22.8 Å². The molecule has 0 spiro atoms. The first-order chi connectivity index (χ1) is 12.1. The summed E-state index contributed by atoms with van der Waals surface area (Å²) in [5.41, 5.74) is 1.58. The lowest BCUT2D eigenvalue weighted by Crippen LogP contribution is -2.27. The van der Waals surface area contributed by atoms with Crippen molar-refractivity contribution >= 4 is 45.4 Å². The van der Waals surface area contributed by atoms with Crippen molar-refractivity contribution in [3.05, 3.63) is 58.0 Å². The minimum absolute atomic E-state index is 0.0233. The number of hydrogen-bond donors (Lipinski definition) is 2. The molecule has 2 N–H and O–H groups in total. The molecule has 25 heavy (non-hydrogen) atoms. The topological polar surface area (TPSA) is 85.7 Å². The first-order valence-corrected chi connectivity index (χ1v) is 9.12. The Morgan fingerprint density at radius 3 is 3.08 bits per heavy atom. The number of carbonyl (C=O) groups is 1. The summed E-state index contributed by atoms with van der Waals surface area (Å²) in [5, 5.41) is 17.4. The van der Waals surface area contributed by atoms with Crippen LogP contribution in [0.5, 0.6) is 0 Å². The molecule has 1 aliphatic carbocycles. The fourth-order valence-corrected chi connectivity index (χ4v) is 4.19. The number of rotatable bonds is 3. The average Bonchev–Trinajstić information content (AvgIpc) is 3.31. The molecule has 9 heteroatoms. The highest BCUT2D eigenvalue weighted by molar-refractivity contribution is 8.19. The molecule has 1 saturated heterocycles. The number of amidine groups is 1. The number of anilines is 1. The quantitative estimate of drug-likeness (QED) is 0.801. The summed E-state index contributed by atoms with van der Waals surface area (Å²) in [4.78, 5) is 18.5. The second kappa shape index (κ2) is 6.41. The van der Waals surface area contributed by atoms with Gasteiger partial charge in [0.05, 0.1) is 11.1 Å². The molecule has 4 rings (SSSR count). The third-order valence-electron chi connectivity index (χ3n) is 3.85. The summed E-state index contributed by atoms with van der Waals surface area (Å²) in [6.45, 7) is 0. The Labute approximate surface area is 150 Å². The van der Waals surface area contributed by atoms with Gasteiger partial charge in [0.25, 0.3) is 5.91 Å². The van der Waals surface area contributed by atoms with E-state index in [9.17, 15) is 9.18 Å². The molecular weight excluding hydrogens is 361 g/mol. The van der Waals surface area contributed by atoms with Crippen LogP contribution in [0.4, 0.5) is 9.52 Å². The maximum atomic E-state index is 13.2. The maximum Gasteiger partial charge on any atom is 0.273 e. The largest absolute Gasteiger partial charge is 0.281 e. The zero-order chi connectivity index (χ0) is 17.4. The Hall–Kier alpha value is -2.52. The van der Waals surface area contributed by atoms with Crippen molar-refractivity contribution in [2.75, 3.05) is 4.90 Å². The Balaban J connectivity index is 1.63. The van der Waals surface area contributed by atoms with Crippen LogP contribution < -0.4 is 4.90 Å². The van der Waals surface area contributed by atoms with Gasteiger partial charge in [-0.3, -0.25) is 15.3 Å². The SMILES string of the molecule is N=C1S/C(=C\c2cn[nH]c2C2C=CC(F)=CC2)C(=O)N1c1nccs1. The molecular formula is C16H12FN5OS2. The zero-order valence-corrected chi connectivity index (χ0v) is 14.4. The van der Waals surface area contributed by atoms with E-state index in [2.05, 4.69) is 15.2 Å². The molecule has 3 heterocycles. The van der Waals surface area contributed by atoms with Gasteiger partial charge in [-0.25, -0.2) is 14.3 Å². The number of amides is 1. The molecule has 1 unspecified atom stereocenters. The molecule has 126 valence electrons. The number of halogens is 1. The summed E-state index contributed by atoms with van der Waals surface area (Å²) in [6.07, 6.45) is 10.2. The van der Waals surface area contributed by atoms with E-state index in [1.807, 2.05) is 0 Å². The Morgan fingerprint density at radius 2 is 2.36 bits per heavy atom. The van der Waals surface area contributed by atoms with E-state index >= 15 is 0 Å². The lowest BCUT2D eigenvalue weighted by molar-refractivity contribution is -0.113. The highest BCUT2D eigenvalue weighted by Crippen LogP contribution is 2.37. The highest BCUT2D eigenvalue weighted by atomic mass is 32.2. The number of aromatic nitrogens is 3. The first-order valence-electron chi connectivity index (χ1n) is 7.42. The van der Waals surface area contributed by atoms with Crippen LogP contribution in [-0.2, 0) is 4.79 Å². The summed E-state index contributed by atoms with van der Waals surface area (Å²) in [5.74, 6) is -0.545. The highest BCUT2D eigenvalue weighted by Gasteiger charge is 2.35. The molecule has 2 aromatic heterocycles. The van der Waals surface area contributed by atoms with E-state index in [0.29, 0.717) is 16.5 Å². The van der Waals surface area contributed by atoms with Crippen LogP contribution in [-0.4, -0.2) is 26.3 Å². The van der Waals surface area contributed by atoms with Crippen LogP contribution in [0.3, 0.4) is 0 Å². The second-order valence-corrected chi connectivity index (χ2v) is 7.30. The third-order valence-corrected chi connectivity index (χ3v) is 5.49. The normalized spacial score (nSPS) is 22.1. The Bertz CT molecular complexity index is 928. The lowest BCUT2D eigenvalue weighted by atomic mass is 9.94. The minimum Gasteiger partial charge on any atom is -0.281 e. The van der Waals surface area contributed by atoms with Gasteiger partial charge in [0.1, 0.15) is 5.83 Å². The molecule has 0 radical (unpaired) electrons. The molecule has 2 aromatic rings. The predicted octanol–water partition coefficient (Wildman–Crippen LogP) is 3.82. The van der Waals surface area contributed by atoms with E-state index < -0.39 is 0 Å². The number of allylic oxidation sites excluding steroid dienone is 4. The van der Waals surface area contributed by atoms with Gasteiger partial charge in [0.15, 0.2) is 10.3 Å². The van der Waals surface area contributed by atoms with E-state index in [1.54, 1.807) is 29.9 Å². The first kappa shape index (κ1) is 16.0. The number of carbonyl (C=O) groups excluding carboxylic acids is 1. The van der Waals surface area contributed by atoms with Gasteiger partial charge in [-0.2, -0.15) is 5.10 Å². The van der Waals surface area contributed by atoms with Crippen molar-refractivity contribution < 1.29 is 9.18 Å². The van der Waals surface area contributed by atoms with Gasteiger partial charge >= 0.3 is 0 Å². The standard InChI is InChI=1S/C16H12FN5OS2/c17-11-3-1-9(2-4-11)13-10(8-20-21-13)7-12-14(23)22(15(18)25-12)16-19-5-6-24-16/h1,3-9,18H,2H2,(H,20,21)/b12-7-,18-15?. The molecule has 6 nitrogen and oxygen atoms in total. The fourth-order valence-electron chi connectivity index (χ4n) is 2.65. The number of aromatic amines is 1. The van der Waals surface area contributed by atoms with Crippen LogP contribution in [0, 0.1) is 5.41 Å². The number of thioether (sulfide) groups is 1. The molecule has 1 aliphatic heterocycles. The number of nitrogens with one attached hydrogen (secondary N) is 2. The number of H-pyrrole nitrogens is 1. The second-order valence-electron chi connectivity index (χ2n) is 5.40. The van der Waals surface area contributed by atoms with Crippen LogP contribution in [0.1, 0.15) is 23.6 Å². The Kier molecular flexibility index (Phi) is 4.10. The van der Waals surface area contributed by atoms with Crippen molar-refractivity contribution in [3.8, 4) is 0 Å². The lowest BCUT2D eigenvalue weighted by Gasteiger charge is -2.13. The molecule has 2 aliphatic rings. The molecule has 0 saturated carbocycles. The van der Waals surface area contributed by atoms with Gasteiger partial charge < -0.3 is 0 Å². The average molecular weight is 373 g/mol. The van der Waals surface area contributed by atoms with E-state index in [4.69, 9.17) is 5.41 Å². The van der Waals surface area contributed by atoms with Crippen molar-refractivity contribution in [3.63, 3.8) is 0 Å². The van der Waals surface area contributed by atoms with Crippen molar-refractivity contribution in [1.82, 2.24) is 15.2 Å². The summed E-state index contributed by atoms with van der Waals surface area (Å²) in [7, 11) is 0. The predicted molar refractivity (Wildman–Crippen MR) is 97.2 cm³/mol.